The molecule has 3 aromatic heterocycles. The van der Waals surface area contributed by atoms with Crippen LogP contribution in [0.4, 0.5) is 4.39 Å². The van der Waals surface area contributed by atoms with Crippen molar-refractivity contribution >= 4 is 22.4 Å². The number of thiazole rings is 1. The summed E-state index contributed by atoms with van der Waals surface area (Å²) in [5.74, 6) is 0.988. The Balaban J connectivity index is 1.34. The molecule has 0 saturated heterocycles. The SMILES string of the molecule is CCCCCOc1ccc(-c2nc3sc(=Cc4cn(-c5ccccc5)nc4-c4ccc(OCCC)c(F)c4)c(=O)n3n2)cc1. The molecule has 0 aliphatic heterocycles. The van der Waals surface area contributed by atoms with Gasteiger partial charge in [0.2, 0.25) is 4.96 Å². The summed E-state index contributed by atoms with van der Waals surface area (Å²) in [7, 11) is 0. The maximum Gasteiger partial charge on any atom is 0.291 e. The molecule has 0 aliphatic carbocycles. The zero-order chi connectivity index (χ0) is 30.5. The van der Waals surface area contributed by atoms with Crippen LogP contribution in [0.2, 0.25) is 0 Å². The van der Waals surface area contributed by atoms with E-state index < -0.39 is 5.82 Å². The molecule has 0 amide bonds. The van der Waals surface area contributed by atoms with Gasteiger partial charge >= 0.3 is 0 Å². The van der Waals surface area contributed by atoms with E-state index in [1.54, 1.807) is 22.9 Å². The first-order valence-electron chi connectivity index (χ1n) is 14.8. The van der Waals surface area contributed by atoms with Gasteiger partial charge in [0.15, 0.2) is 17.4 Å². The summed E-state index contributed by atoms with van der Waals surface area (Å²) >= 11 is 1.24. The fourth-order valence-corrected chi connectivity index (χ4v) is 5.65. The zero-order valence-corrected chi connectivity index (χ0v) is 25.4. The second-order valence-corrected chi connectivity index (χ2v) is 11.3. The minimum atomic E-state index is -0.469. The molecule has 0 aliphatic rings. The highest BCUT2D eigenvalue weighted by atomic mass is 32.1. The molecule has 0 unspecified atom stereocenters. The van der Waals surface area contributed by atoms with E-state index >= 15 is 0 Å². The van der Waals surface area contributed by atoms with E-state index in [0.29, 0.717) is 45.4 Å². The highest BCUT2D eigenvalue weighted by Crippen LogP contribution is 2.29. The van der Waals surface area contributed by atoms with Crippen molar-refractivity contribution in [2.45, 2.75) is 39.5 Å². The highest BCUT2D eigenvalue weighted by molar-refractivity contribution is 7.15. The molecule has 0 N–H and O–H groups in total. The van der Waals surface area contributed by atoms with Gasteiger partial charge in [0.05, 0.1) is 23.4 Å². The first-order chi connectivity index (χ1) is 21.5. The van der Waals surface area contributed by atoms with E-state index in [9.17, 15) is 9.18 Å². The first kappa shape index (κ1) is 29.3. The Kier molecular flexibility index (Phi) is 8.79. The van der Waals surface area contributed by atoms with E-state index in [1.165, 1.54) is 21.9 Å². The third-order valence-electron chi connectivity index (χ3n) is 7.03. The molecular formula is C34H32FN5O3S. The smallest absolute Gasteiger partial charge is 0.291 e. The van der Waals surface area contributed by atoms with Crippen molar-refractivity contribution in [1.82, 2.24) is 24.4 Å². The number of rotatable bonds is 12. The van der Waals surface area contributed by atoms with Gasteiger partial charge < -0.3 is 9.47 Å². The van der Waals surface area contributed by atoms with E-state index in [-0.39, 0.29) is 11.3 Å². The minimum Gasteiger partial charge on any atom is -0.494 e. The molecule has 6 rings (SSSR count). The Bertz CT molecular complexity index is 1980. The molecule has 3 aromatic carbocycles. The maximum absolute atomic E-state index is 14.9. The number of hydrogen-bond donors (Lipinski definition) is 0. The molecule has 44 heavy (non-hydrogen) atoms. The Labute approximate surface area is 258 Å². The van der Waals surface area contributed by atoms with E-state index in [0.717, 1.165) is 42.7 Å². The largest absolute Gasteiger partial charge is 0.494 e. The molecule has 0 fully saturated rings. The lowest BCUT2D eigenvalue weighted by Crippen LogP contribution is -2.23. The molecule has 0 spiro atoms. The van der Waals surface area contributed by atoms with Crippen LogP contribution in [0.15, 0.2) is 83.8 Å². The number of unbranched alkanes of at least 4 members (excludes halogenated alkanes) is 2. The predicted octanol–water partition coefficient (Wildman–Crippen LogP) is 6.72. The van der Waals surface area contributed by atoms with Crippen LogP contribution in [0.1, 0.15) is 45.1 Å². The van der Waals surface area contributed by atoms with Crippen LogP contribution in [-0.2, 0) is 0 Å². The van der Waals surface area contributed by atoms with Crippen LogP contribution in [0.3, 0.4) is 0 Å². The van der Waals surface area contributed by atoms with Crippen molar-refractivity contribution < 1.29 is 13.9 Å². The van der Waals surface area contributed by atoms with Crippen molar-refractivity contribution in [2.24, 2.45) is 0 Å². The number of nitrogens with zero attached hydrogens (tertiary/aromatic N) is 5. The third kappa shape index (κ3) is 6.26. The quantitative estimate of drug-likeness (QED) is 0.143. The van der Waals surface area contributed by atoms with Crippen molar-refractivity contribution in [3.8, 4) is 39.8 Å². The van der Waals surface area contributed by atoms with Crippen molar-refractivity contribution in [1.29, 1.82) is 0 Å². The summed E-state index contributed by atoms with van der Waals surface area (Å²) in [4.78, 5) is 18.6. The molecule has 8 nitrogen and oxygen atoms in total. The second-order valence-electron chi connectivity index (χ2n) is 10.3. The van der Waals surface area contributed by atoms with Crippen LogP contribution in [-0.4, -0.2) is 37.6 Å². The number of hydrogen-bond acceptors (Lipinski definition) is 7. The average Bonchev–Trinajstić information content (AvgIpc) is 3.74. The lowest BCUT2D eigenvalue weighted by Gasteiger charge is -2.07. The number of benzene rings is 3. The van der Waals surface area contributed by atoms with Crippen LogP contribution in [0.25, 0.3) is 39.4 Å². The van der Waals surface area contributed by atoms with Crippen LogP contribution in [0.5, 0.6) is 11.5 Å². The fourth-order valence-electron chi connectivity index (χ4n) is 4.75. The van der Waals surface area contributed by atoms with Crippen molar-refractivity contribution in [3.63, 3.8) is 0 Å². The number of fused-ring (bicyclic) bond motifs is 1. The lowest BCUT2D eigenvalue weighted by atomic mass is 10.1. The van der Waals surface area contributed by atoms with Gasteiger partial charge in [-0.25, -0.2) is 9.07 Å². The summed E-state index contributed by atoms with van der Waals surface area (Å²) in [6.07, 6.45) is 7.68. The Morgan fingerprint density at radius 2 is 1.68 bits per heavy atom. The highest BCUT2D eigenvalue weighted by Gasteiger charge is 2.16. The van der Waals surface area contributed by atoms with Gasteiger partial charge in [0.1, 0.15) is 11.4 Å². The molecule has 0 saturated carbocycles. The van der Waals surface area contributed by atoms with Gasteiger partial charge in [-0.2, -0.15) is 14.6 Å². The van der Waals surface area contributed by atoms with Gasteiger partial charge in [-0.3, -0.25) is 4.79 Å². The van der Waals surface area contributed by atoms with Crippen molar-refractivity contribution in [3.05, 3.63) is 105 Å². The molecule has 0 radical (unpaired) electrons. The standard InChI is InChI=1S/C34H32FN5O3S/c1-3-5-9-19-42-27-15-12-23(13-16-27)32-36-34-40(38-32)33(41)30(44-34)21-25-22-39(26-10-7-6-8-11-26)37-31(25)24-14-17-29(28(35)20-24)43-18-4-2/h6-8,10-17,20-22H,3-5,9,18-19H2,1-2H3. The molecular weight excluding hydrogens is 577 g/mol. The summed E-state index contributed by atoms with van der Waals surface area (Å²) in [5.41, 5.74) is 3.11. The lowest BCUT2D eigenvalue weighted by molar-refractivity contribution is 0.301. The van der Waals surface area contributed by atoms with Gasteiger partial charge in [0, 0.05) is 22.9 Å². The Morgan fingerprint density at radius 1 is 0.886 bits per heavy atom. The maximum atomic E-state index is 14.9. The number of ether oxygens (including phenoxy) is 2. The second kappa shape index (κ2) is 13.2. The summed E-state index contributed by atoms with van der Waals surface area (Å²) in [6, 6.07) is 22.0. The Hall–Kier alpha value is -4.83. The van der Waals surface area contributed by atoms with Crippen LogP contribution >= 0.6 is 11.3 Å². The number of aromatic nitrogens is 5. The van der Waals surface area contributed by atoms with Gasteiger partial charge in [-0.1, -0.05) is 56.2 Å². The number of para-hydroxylation sites is 1. The first-order valence-corrected chi connectivity index (χ1v) is 15.6. The Morgan fingerprint density at radius 3 is 2.41 bits per heavy atom. The van der Waals surface area contributed by atoms with E-state index in [1.807, 2.05) is 67.7 Å². The van der Waals surface area contributed by atoms with Gasteiger partial charge in [0.25, 0.3) is 5.56 Å². The van der Waals surface area contributed by atoms with Gasteiger partial charge in [-0.05, 0) is 73.5 Å². The molecule has 10 heteroatoms. The molecule has 224 valence electrons. The average molecular weight is 610 g/mol. The summed E-state index contributed by atoms with van der Waals surface area (Å²) in [6.45, 7) is 5.24. The minimum absolute atomic E-state index is 0.195. The molecule has 3 heterocycles. The van der Waals surface area contributed by atoms with Crippen LogP contribution < -0.4 is 19.6 Å². The predicted molar refractivity (Wildman–Crippen MR) is 171 cm³/mol. The fraction of sp³-hybridized carbons (Fsp3) is 0.235. The van der Waals surface area contributed by atoms with E-state index in [4.69, 9.17) is 14.6 Å². The summed E-state index contributed by atoms with van der Waals surface area (Å²) < 4.78 is 29.8. The molecule has 6 aromatic rings. The zero-order valence-electron chi connectivity index (χ0n) is 24.6. The summed E-state index contributed by atoms with van der Waals surface area (Å²) in [5, 5.41) is 9.27. The number of halogens is 1. The topological polar surface area (TPSA) is 83.5 Å². The normalized spacial score (nSPS) is 11.8. The monoisotopic (exact) mass is 609 g/mol. The molecule has 0 bridgehead atoms. The van der Waals surface area contributed by atoms with Crippen LogP contribution in [0, 0.1) is 5.82 Å². The van der Waals surface area contributed by atoms with Crippen molar-refractivity contribution in [2.75, 3.05) is 13.2 Å². The third-order valence-corrected chi connectivity index (χ3v) is 7.99. The van der Waals surface area contributed by atoms with Gasteiger partial charge in [-0.15, -0.1) is 5.10 Å². The molecule has 0 atom stereocenters. The van der Waals surface area contributed by atoms with E-state index in [2.05, 4.69) is 17.0 Å².